The quantitative estimate of drug-likeness (QED) is 0.838. The van der Waals surface area contributed by atoms with Gasteiger partial charge in [0.2, 0.25) is 5.91 Å². The van der Waals surface area contributed by atoms with E-state index >= 15 is 0 Å². The molecule has 0 radical (unpaired) electrons. The summed E-state index contributed by atoms with van der Waals surface area (Å²) in [6, 6.07) is 1.02. The van der Waals surface area contributed by atoms with Crippen LogP contribution in [-0.2, 0) is 4.79 Å². The normalized spacial score (nSPS) is 22.6. The van der Waals surface area contributed by atoms with Crippen LogP contribution in [0, 0.1) is 0 Å². The Morgan fingerprint density at radius 2 is 2.18 bits per heavy atom. The van der Waals surface area contributed by atoms with E-state index in [4.69, 9.17) is 0 Å². The third-order valence-corrected chi connectivity index (χ3v) is 4.91. The fourth-order valence-electron chi connectivity index (χ4n) is 3.45. The number of likely N-dealkylation sites (N-methyl/N-ethyl adjacent to an activating group) is 1. The molecule has 0 spiro atoms. The minimum absolute atomic E-state index is 0.283. The van der Waals surface area contributed by atoms with Crippen molar-refractivity contribution in [2.24, 2.45) is 0 Å². The summed E-state index contributed by atoms with van der Waals surface area (Å²) in [5.74, 6) is 1.83. The van der Waals surface area contributed by atoms with E-state index < -0.39 is 0 Å². The number of amides is 1. The molecule has 1 saturated carbocycles. The first-order valence-corrected chi connectivity index (χ1v) is 8.57. The number of rotatable bonds is 5. The molecular formula is C17H28N4O. The molecule has 5 heteroatoms. The van der Waals surface area contributed by atoms with Crippen LogP contribution < -0.4 is 0 Å². The molecule has 3 rings (SSSR count). The second-order valence-electron chi connectivity index (χ2n) is 7.13. The number of imidazole rings is 1. The fourth-order valence-corrected chi connectivity index (χ4v) is 3.45. The van der Waals surface area contributed by atoms with Crippen LogP contribution in [0.5, 0.6) is 0 Å². The highest BCUT2D eigenvalue weighted by Crippen LogP contribution is 2.27. The van der Waals surface area contributed by atoms with Crippen LogP contribution in [0.2, 0.25) is 0 Å². The zero-order valence-electron chi connectivity index (χ0n) is 14.0. The predicted octanol–water partition coefficient (Wildman–Crippen LogP) is 2.26. The summed E-state index contributed by atoms with van der Waals surface area (Å²) in [4.78, 5) is 21.3. The number of piperidine rings is 1. The molecule has 2 heterocycles. The zero-order chi connectivity index (χ0) is 15.7. The molecule has 0 bridgehead atoms. The van der Waals surface area contributed by atoms with E-state index in [1.165, 1.54) is 12.8 Å². The van der Waals surface area contributed by atoms with Gasteiger partial charge in [0.15, 0.2) is 0 Å². The summed E-state index contributed by atoms with van der Waals surface area (Å²) >= 11 is 0. The van der Waals surface area contributed by atoms with Crippen molar-refractivity contribution in [3.8, 4) is 0 Å². The maximum atomic E-state index is 12.5. The highest BCUT2D eigenvalue weighted by molar-refractivity contribution is 5.78. The van der Waals surface area contributed by atoms with Crippen LogP contribution in [0.1, 0.15) is 57.3 Å². The molecule has 1 atom stereocenters. The van der Waals surface area contributed by atoms with Gasteiger partial charge >= 0.3 is 0 Å². The number of nitrogens with zero attached hydrogens (tertiary/aromatic N) is 4. The summed E-state index contributed by atoms with van der Waals surface area (Å²) < 4.78 is 2.29. The smallest absolute Gasteiger partial charge is 0.236 e. The van der Waals surface area contributed by atoms with Crippen molar-refractivity contribution in [3.05, 3.63) is 18.2 Å². The third kappa shape index (κ3) is 3.35. The fraction of sp³-hybridized carbons (Fsp3) is 0.765. The molecule has 1 aliphatic heterocycles. The van der Waals surface area contributed by atoms with E-state index in [-0.39, 0.29) is 5.91 Å². The average molecular weight is 304 g/mol. The van der Waals surface area contributed by atoms with Crippen molar-refractivity contribution < 1.29 is 4.79 Å². The van der Waals surface area contributed by atoms with Gasteiger partial charge in [-0.15, -0.1) is 0 Å². The van der Waals surface area contributed by atoms with E-state index in [1.54, 1.807) is 0 Å². The van der Waals surface area contributed by atoms with Gasteiger partial charge in [0.05, 0.1) is 12.6 Å². The molecule has 5 nitrogen and oxygen atoms in total. The molecule has 1 aromatic heterocycles. The maximum absolute atomic E-state index is 12.5. The summed E-state index contributed by atoms with van der Waals surface area (Å²) in [7, 11) is 2.07. The second kappa shape index (κ2) is 6.41. The lowest BCUT2D eigenvalue weighted by molar-refractivity contribution is -0.133. The molecule has 1 aromatic rings. The Bertz CT molecular complexity index is 520. The van der Waals surface area contributed by atoms with Crippen molar-refractivity contribution >= 4 is 5.91 Å². The van der Waals surface area contributed by atoms with Crippen LogP contribution in [0.3, 0.4) is 0 Å². The Morgan fingerprint density at radius 3 is 2.86 bits per heavy atom. The van der Waals surface area contributed by atoms with Gasteiger partial charge in [-0.05, 0) is 32.7 Å². The predicted molar refractivity (Wildman–Crippen MR) is 86.8 cm³/mol. The van der Waals surface area contributed by atoms with Gasteiger partial charge in [0.1, 0.15) is 5.82 Å². The number of carbonyl (C=O) groups excluding carboxylic acids is 1. The van der Waals surface area contributed by atoms with Crippen LogP contribution in [0.15, 0.2) is 12.4 Å². The van der Waals surface area contributed by atoms with Gasteiger partial charge < -0.3 is 9.47 Å². The maximum Gasteiger partial charge on any atom is 0.236 e. The van der Waals surface area contributed by atoms with E-state index in [9.17, 15) is 4.79 Å². The Balaban J connectivity index is 1.63. The van der Waals surface area contributed by atoms with Crippen molar-refractivity contribution in [2.75, 3.05) is 26.7 Å². The Labute approximate surface area is 133 Å². The Hall–Kier alpha value is -1.36. The molecule has 0 aromatic carbocycles. The van der Waals surface area contributed by atoms with Gasteiger partial charge in [-0.1, -0.05) is 13.8 Å². The molecule has 2 aliphatic rings. The second-order valence-corrected chi connectivity index (χ2v) is 7.13. The first-order chi connectivity index (χ1) is 10.6. The lowest BCUT2D eigenvalue weighted by Crippen LogP contribution is -2.45. The van der Waals surface area contributed by atoms with E-state index in [0.717, 1.165) is 31.8 Å². The molecule has 0 N–H and O–H groups in total. The molecule has 1 saturated heterocycles. The van der Waals surface area contributed by atoms with E-state index in [1.807, 2.05) is 6.20 Å². The van der Waals surface area contributed by atoms with Crippen LogP contribution >= 0.6 is 0 Å². The van der Waals surface area contributed by atoms with Crippen molar-refractivity contribution in [1.82, 2.24) is 19.4 Å². The van der Waals surface area contributed by atoms with Gasteiger partial charge in [-0.2, -0.15) is 0 Å². The molecule has 122 valence electrons. The van der Waals surface area contributed by atoms with Gasteiger partial charge in [0.25, 0.3) is 0 Å². The number of hydrogen-bond acceptors (Lipinski definition) is 3. The molecule has 1 aliphatic carbocycles. The molecule has 1 amide bonds. The Kier molecular flexibility index (Phi) is 4.52. The molecular weight excluding hydrogens is 276 g/mol. The van der Waals surface area contributed by atoms with Crippen LogP contribution in [0.4, 0.5) is 0 Å². The standard InChI is InChI=1S/C17H28N4O/c1-13(2)17-18-8-10-21(17)15-5-4-9-20(11-15)16(22)12-19(3)14-6-7-14/h8,10,13-15H,4-7,9,11-12H2,1-3H3/t15-/m1/s1. The monoisotopic (exact) mass is 304 g/mol. The highest BCUT2D eigenvalue weighted by atomic mass is 16.2. The molecule has 2 fully saturated rings. The Morgan fingerprint density at radius 1 is 1.41 bits per heavy atom. The topological polar surface area (TPSA) is 41.4 Å². The minimum atomic E-state index is 0.283. The van der Waals surface area contributed by atoms with Gasteiger partial charge in [-0.3, -0.25) is 9.69 Å². The molecule has 0 unspecified atom stereocenters. The van der Waals surface area contributed by atoms with Gasteiger partial charge in [-0.25, -0.2) is 4.98 Å². The van der Waals surface area contributed by atoms with Crippen LogP contribution in [-0.4, -0.2) is 58.0 Å². The highest BCUT2D eigenvalue weighted by Gasteiger charge is 2.31. The number of hydrogen-bond donors (Lipinski definition) is 0. The number of likely N-dealkylation sites (tertiary alicyclic amines) is 1. The minimum Gasteiger partial charge on any atom is -0.340 e. The van der Waals surface area contributed by atoms with Crippen molar-refractivity contribution in [1.29, 1.82) is 0 Å². The number of carbonyl (C=O) groups is 1. The largest absolute Gasteiger partial charge is 0.340 e. The van der Waals surface area contributed by atoms with Crippen LogP contribution in [0.25, 0.3) is 0 Å². The lowest BCUT2D eigenvalue weighted by atomic mass is 10.0. The molecule has 22 heavy (non-hydrogen) atoms. The first-order valence-electron chi connectivity index (χ1n) is 8.57. The van der Waals surface area contributed by atoms with E-state index in [2.05, 4.69) is 46.4 Å². The number of aromatic nitrogens is 2. The summed E-state index contributed by atoms with van der Waals surface area (Å²) in [6.45, 7) is 6.65. The third-order valence-electron chi connectivity index (χ3n) is 4.91. The first kappa shape index (κ1) is 15.5. The zero-order valence-corrected chi connectivity index (χ0v) is 14.0. The summed E-state index contributed by atoms with van der Waals surface area (Å²) in [5, 5.41) is 0. The summed E-state index contributed by atoms with van der Waals surface area (Å²) in [5.41, 5.74) is 0. The van der Waals surface area contributed by atoms with Gasteiger partial charge in [0, 0.05) is 37.4 Å². The van der Waals surface area contributed by atoms with Crippen molar-refractivity contribution in [2.45, 2.75) is 57.5 Å². The lowest BCUT2D eigenvalue weighted by Gasteiger charge is -2.35. The average Bonchev–Trinajstić information content (AvgIpc) is 3.24. The van der Waals surface area contributed by atoms with E-state index in [0.29, 0.717) is 24.5 Å². The van der Waals surface area contributed by atoms with Crippen molar-refractivity contribution in [3.63, 3.8) is 0 Å². The summed E-state index contributed by atoms with van der Waals surface area (Å²) in [6.07, 6.45) is 8.68. The SMILES string of the molecule is CC(C)c1nccn1[C@@H]1CCCN(C(=O)CN(C)C2CC2)C1.